The highest BCUT2D eigenvalue weighted by Crippen LogP contribution is 2.36. The molecule has 0 aliphatic carbocycles. The summed E-state index contributed by atoms with van der Waals surface area (Å²) in [7, 11) is -2.48. The third kappa shape index (κ3) is 4.26. The number of hydrogen-bond donors (Lipinski definition) is 2. The van der Waals surface area contributed by atoms with Gasteiger partial charge in [-0.2, -0.15) is 0 Å². The van der Waals surface area contributed by atoms with Gasteiger partial charge in [0.2, 0.25) is 22.5 Å². The highest BCUT2D eigenvalue weighted by Gasteiger charge is 2.26. The predicted molar refractivity (Wildman–Crippen MR) is 115 cm³/mol. The fraction of sp³-hybridized carbons (Fsp3) is 0.136. The van der Waals surface area contributed by atoms with Gasteiger partial charge in [0.15, 0.2) is 11.5 Å². The smallest absolute Gasteiger partial charge is 0.243 e. The molecule has 1 aliphatic rings. The number of rotatable bonds is 7. The maximum atomic E-state index is 13.2. The number of amides is 1. The first-order valence-corrected chi connectivity index (χ1v) is 10.9. The van der Waals surface area contributed by atoms with Gasteiger partial charge in [-0.05, 0) is 36.4 Å². The quantitative estimate of drug-likeness (QED) is 0.581. The van der Waals surface area contributed by atoms with Crippen LogP contribution in [0, 0.1) is 0 Å². The van der Waals surface area contributed by atoms with Crippen molar-refractivity contribution in [3.8, 4) is 17.2 Å². The van der Waals surface area contributed by atoms with Gasteiger partial charge < -0.3 is 24.8 Å². The number of hydrogen-bond acceptors (Lipinski definition) is 7. The first-order chi connectivity index (χ1) is 15.0. The third-order valence-electron chi connectivity index (χ3n) is 4.62. The summed E-state index contributed by atoms with van der Waals surface area (Å²) < 4.78 is 42.3. The zero-order chi connectivity index (χ0) is 21.8. The molecular formula is C22H20N2O6S. The van der Waals surface area contributed by atoms with Crippen molar-refractivity contribution in [3.63, 3.8) is 0 Å². The van der Waals surface area contributed by atoms with Gasteiger partial charge in [-0.25, -0.2) is 8.42 Å². The zero-order valence-electron chi connectivity index (χ0n) is 16.6. The Kier molecular flexibility index (Phi) is 5.68. The maximum Gasteiger partial charge on any atom is 0.243 e. The van der Waals surface area contributed by atoms with Gasteiger partial charge in [0.25, 0.3) is 0 Å². The molecule has 0 bridgehead atoms. The van der Waals surface area contributed by atoms with E-state index >= 15 is 0 Å². The summed E-state index contributed by atoms with van der Waals surface area (Å²) >= 11 is 0. The summed E-state index contributed by atoms with van der Waals surface area (Å²) in [6.07, 6.45) is 0. The first-order valence-electron chi connectivity index (χ1n) is 9.39. The van der Waals surface area contributed by atoms with E-state index in [9.17, 15) is 13.2 Å². The summed E-state index contributed by atoms with van der Waals surface area (Å²) in [5.74, 6) is 0.993. The molecule has 3 aromatic carbocycles. The molecular weight excluding hydrogens is 420 g/mol. The minimum absolute atomic E-state index is 0.0282. The average Bonchev–Trinajstić information content (AvgIpc) is 3.26. The monoisotopic (exact) mass is 440 g/mol. The number of methoxy groups -OCH3 is 1. The SMILES string of the molecule is COc1cccc(NCC(=O)Nc2ccc3c(c2)OCO3)c1S(=O)(=O)c1ccccc1. The number of nitrogens with one attached hydrogen (secondary N) is 2. The minimum atomic E-state index is -3.88. The van der Waals surface area contributed by atoms with Crippen LogP contribution in [0.25, 0.3) is 0 Å². The third-order valence-corrected chi connectivity index (χ3v) is 6.47. The summed E-state index contributed by atoms with van der Waals surface area (Å²) in [5, 5.41) is 5.65. The van der Waals surface area contributed by atoms with E-state index in [0.717, 1.165) is 0 Å². The molecule has 0 fully saturated rings. The molecule has 2 N–H and O–H groups in total. The lowest BCUT2D eigenvalue weighted by Gasteiger charge is -2.16. The van der Waals surface area contributed by atoms with Crippen molar-refractivity contribution in [3.05, 3.63) is 66.7 Å². The Hall–Kier alpha value is -3.72. The fourth-order valence-corrected chi connectivity index (χ4v) is 4.76. The van der Waals surface area contributed by atoms with Crippen molar-refractivity contribution in [2.24, 2.45) is 0 Å². The van der Waals surface area contributed by atoms with Crippen LogP contribution in [0.4, 0.5) is 11.4 Å². The van der Waals surface area contributed by atoms with Gasteiger partial charge in [-0.1, -0.05) is 24.3 Å². The summed E-state index contributed by atoms with van der Waals surface area (Å²) in [6, 6.07) is 17.9. The normalized spacial score (nSPS) is 12.3. The van der Waals surface area contributed by atoms with Crippen LogP contribution in [0.15, 0.2) is 76.5 Å². The van der Waals surface area contributed by atoms with Gasteiger partial charge in [-0.15, -0.1) is 0 Å². The molecule has 0 saturated heterocycles. The van der Waals surface area contributed by atoms with E-state index in [1.807, 2.05) is 0 Å². The number of ether oxygens (including phenoxy) is 3. The summed E-state index contributed by atoms with van der Waals surface area (Å²) in [6.45, 7) is -0.0122. The second-order valence-corrected chi connectivity index (χ2v) is 8.51. The Morgan fingerprint density at radius 2 is 1.77 bits per heavy atom. The van der Waals surface area contributed by atoms with Crippen molar-refractivity contribution in [1.29, 1.82) is 0 Å². The van der Waals surface area contributed by atoms with Gasteiger partial charge >= 0.3 is 0 Å². The average molecular weight is 440 g/mol. The second-order valence-electron chi connectivity index (χ2n) is 6.62. The lowest BCUT2D eigenvalue weighted by molar-refractivity contribution is -0.114. The molecule has 0 unspecified atom stereocenters. The first kappa shape index (κ1) is 20.5. The molecule has 4 rings (SSSR count). The van der Waals surface area contributed by atoms with Crippen LogP contribution < -0.4 is 24.8 Å². The van der Waals surface area contributed by atoms with E-state index in [2.05, 4.69) is 10.6 Å². The molecule has 1 amide bonds. The Labute approximate surface area is 179 Å². The van der Waals surface area contributed by atoms with Crippen molar-refractivity contribution >= 4 is 27.1 Å². The topological polar surface area (TPSA) is 103 Å². The van der Waals surface area contributed by atoms with Crippen LogP contribution in [-0.2, 0) is 14.6 Å². The van der Waals surface area contributed by atoms with Gasteiger partial charge in [0.1, 0.15) is 10.6 Å². The number of fused-ring (bicyclic) bond motifs is 1. The van der Waals surface area contributed by atoms with E-state index in [1.54, 1.807) is 54.6 Å². The van der Waals surface area contributed by atoms with E-state index < -0.39 is 9.84 Å². The molecule has 0 saturated carbocycles. The van der Waals surface area contributed by atoms with Crippen molar-refractivity contribution < 1.29 is 27.4 Å². The highest BCUT2D eigenvalue weighted by atomic mass is 32.2. The number of carbonyl (C=O) groups is 1. The highest BCUT2D eigenvalue weighted by molar-refractivity contribution is 7.91. The van der Waals surface area contributed by atoms with E-state index in [1.165, 1.54) is 19.2 Å². The molecule has 9 heteroatoms. The minimum Gasteiger partial charge on any atom is -0.495 e. The maximum absolute atomic E-state index is 13.2. The van der Waals surface area contributed by atoms with Crippen LogP contribution in [0.5, 0.6) is 17.2 Å². The molecule has 0 spiro atoms. The van der Waals surface area contributed by atoms with Crippen molar-refractivity contribution in [1.82, 2.24) is 0 Å². The summed E-state index contributed by atoms with van der Waals surface area (Å²) in [4.78, 5) is 12.5. The van der Waals surface area contributed by atoms with Crippen LogP contribution in [-0.4, -0.2) is 34.8 Å². The molecule has 0 radical (unpaired) electrons. The van der Waals surface area contributed by atoms with E-state index in [-0.39, 0.29) is 40.5 Å². The Morgan fingerprint density at radius 1 is 1.00 bits per heavy atom. The molecule has 0 aromatic heterocycles. The zero-order valence-corrected chi connectivity index (χ0v) is 17.4. The molecule has 0 atom stereocenters. The number of sulfone groups is 1. The van der Waals surface area contributed by atoms with E-state index in [4.69, 9.17) is 14.2 Å². The number of carbonyl (C=O) groups excluding carboxylic acids is 1. The largest absolute Gasteiger partial charge is 0.495 e. The summed E-state index contributed by atoms with van der Waals surface area (Å²) in [5.41, 5.74) is 0.808. The van der Waals surface area contributed by atoms with Crippen LogP contribution in [0.3, 0.4) is 0 Å². The Balaban J connectivity index is 1.54. The molecule has 1 aliphatic heterocycles. The Morgan fingerprint density at radius 3 is 2.55 bits per heavy atom. The van der Waals surface area contributed by atoms with E-state index in [0.29, 0.717) is 17.2 Å². The van der Waals surface area contributed by atoms with Crippen LogP contribution in [0.2, 0.25) is 0 Å². The van der Waals surface area contributed by atoms with Crippen molar-refractivity contribution in [2.45, 2.75) is 9.79 Å². The molecule has 160 valence electrons. The lowest BCUT2D eigenvalue weighted by Crippen LogP contribution is -2.22. The molecule has 8 nitrogen and oxygen atoms in total. The van der Waals surface area contributed by atoms with Gasteiger partial charge in [-0.3, -0.25) is 4.79 Å². The number of anilines is 2. The second kappa shape index (κ2) is 8.57. The standard InChI is InChI=1S/C22H20N2O6S/c1-28-19-9-5-8-17(22(19)31(26,27)16-6-3-2-4-7-16)23-13-21(25)24-15-10-11-18-20(12-15)30-14-29-18/h2-12,23H,13-14H2,1H3,(H,24,25). The lowest BCUT2D eigenvalue weighted by atomic mass is 10.2. The Bertz CT molecular complexity index is 1210. The molecule has 31 heavy (non-hydrogen) atoms. The predicted octanol–water partition coefficient (Wildman–Crippen LogP) is 3.31. The molecule has 3 aromatic rings. The van der Waals surface area contributed by atoms with Crippen LogP contribution >= 0.6 is 0 Å². The van der Waals surface area contributed by atoms with Gasteiger partial charge in [0, 0.05) is 11.8 Å². The van der Waals surface area contributed by atoms with Crippen LogP contribution in [0.1, 0.15) is 0 Å². The van der Waals surface area contributed by atoms with Gasteiger partial charge in [0.05, 0.1) is 24.2 Å². The molecule has 1 heterocycles. The fourth-order valence-electron chi connectivity index (χ4n) is 3.17. The van der Waals surface area contributed by atoms with Crippen molar-refractivity contribution in [2.75, 3.05) is 31.1 Å². The number of benzene rings is 3.